The van der Waals surface area contributed by atoms with Gasteiger partial charge in [-0.2, -0.15) is 0 Å². The van der Waals surface area contributed by atoms with Crippen LogP contribution in [0, 0.1) is 0 Å². The second kappa shape index (κ2) is 9.25. The first kappa shape index (κ1) is 21.0. The molecule has 3 aromatic carbocycles. The number of esters is 1. The van der Waals surface area contributed by atoms with Crippen LogP contribution in [0.1, 0.15) is 16.7 Å². The third-order valence-electron chi connectivity index (χ3n) is 4.53. The zero-order chi connectivity index (χ0) is 21.8. The first-order valence-corrected chi connectivity index (χ1v) is 10.1. The summed E-state index contributed by atoms with van der Waals surface area (Å²) in [5, 5.41) is 1.14. The number of carbonyl (C=O) groups excluding carboxylic acids is 1. The molecule has 156 valence electrons. The first-order chi connectivity index (χ1) is 15.0. The maximum absolute atomic E-state index is 12.4. The Morgan fingerprint density at radius 3 is 2.48 bits per heavy atom. The fourth-order valence-corrected chi connectivity index (χ4v) is 3.29. The third-order valence-corrected chi connectivity index (χ3v) is 5.02. The van der Waals surface area contributed by atoms with E-state index in [1.54, 1.807) is 24.3 Å². The van der Waals surface area contributed by atoms with Gasteiger partial charge in [0.1, 0.15) is 18.1 Å². The normalized spacial score (nSPS) is 14.4. The number of rotatable bonds is 6. The molecule has 1 aliphatic rings. The zero-order valence-corrected chi connectivity index (χ0v) is 18.0. The minimum Gasteiger partial charge on any atom is -0.496 e. The van der Waals surface area contributed by atoms with E-state index in [9.17, 15) is 4.79 Å². The monoisotopic (exact) mass is 453 g/mol. The lowest BCUT2D eigenvalue weighted by Crippen LogP contribution is -2.07. The second-order valence-electron chi connectivity index (χ2n) is 6.63. The molecule has 1 aliphatic heterocycles. The molecule has 0 fully saturated rings. The highest BCUT2D eigenvalue weighted by atomic mass is 35.5. The van der Waals surface area contributed by atoms with Crippen LogP contribution in [-0.4, -0.2) is 19.0 Å². The van der Waals surface area contributed by atoms with E-state index in [0.717, 1.165) is 5.56 Å². The predicted octanol–water partition coefficient (Wildman–Crippen LogP) is 5.93. The van der Waals surface area contributed by atoms with Gasteiger partial charge >= 0.3 is 5.97 Å². The van der Waals surface area contributed by atoms with E-state index in [1.807, 2.05) is 48.5 Å². The average Bonchev–Trinajstić information content (AvgIpc) is 3.14. The Morgan fingerprint density at radius 2 is 1.71 bits per heavy atom. The summed E-state index contributed by atoms with van der Waals surface area (Å²) in [6.07, 6.45) is 1.63. The van der Waals surface area contributed by atoms with Crippen molar-refractivity contribution in [2.45, 2.75) is 6.61 Å². The molecule has 0 radical (unpaired) electrons. The largest absolute Gasteiger partial charge is 0.496 e. The van der Waals surface area contributed by atoms with Gasteiger partial charge in [0.2, 0.25) is 5.90 Å². The van der Waals surface area contributed by atoms with Gasteiger partial charge in [-0.25, -0.2) is 9.79 Å². The van der Waals surface area contributed by atoms with Crippen LogP contribution in [0.2, 0.25) is 10.0 Å². The summed E-state index contributed by atoms with van der Waals surface area (Å²) in [7, 11) is 1.52. The highest BCUT2D eigenvalue weighted by molar-refractivity contribution is 6.31. The minimum absolute atomic E-state index is 0.134. The molecular weight excluding hydrogens is 437 g/mol. The fraction of sp³-hybridized carbons (Fsp3) is 0.0833. The molecule has 31 heavy (non-hydrogen) atoms. The molecular formula is C24H17Cl2NO4. The summed E-state index contributed by atoms with van der Waals surface area (Å²) >= 11 is 12.0. The summed E-state index contributed by atoms with van der Waals surface area (Å²) in [5.41, 5.74) is 2.32. The van der Waals surface area contributed by atoms with Crippen LogP contribution < -0.4 is 9.47 Å². The van der Waals surface area contributed by atoms with Crippen molar-refractivity contribution in [3.05, 3.63) is 99.2 Å². The Hall–Kier alpha value is -3.28. The number of hydrogen-bond donors (Lipinski definition) is 0. The van der Waals surface area contributed by atoms with Crippen molar-refractivity contribution in [1.82, 2.24) is 0 Å². The van der Waals surface area contributed by atoms with E-state index < -0.39 is 5.97 Å². The van der Waals surface area contributed by atoms with Gasteiger partial charge in [0.15, 0.2) is 5.70 Å². The number of ether oxygens (including phenoxy) is 3. The van der Waals surface area contributed by atoms with Crippen LogP contribution in [0.4, 0.5) is 0 Å². The summed E-state index contributed by atoms with van der Waals surface area (Å²) < 4.78 is 16.6. The second-order valence-corrected chi connectivity index (χ2v) is 7.51. The van der Waals surface area contributed by atoms with Gasteiger partial charge < -0.3 is 14.2 Å². The molecule has 4 rings (SSSR count). The molecule has 0 spiro atoms. The minimum atomic E-state index is -0.565. The third kappa shape index (κ3) is 4.90. The molecule has 0 atom stereocenters. The van der Waals surface area contributed by atoms with Crippen LogP contribution in [0.25, 0.3) is 6.08 Å². The SMILES string of the molecule is COc1ccc(Cl)cc1C1=N/C(=C\c2ccccc2OCc2ccc(Cl)cc2)C(=O)O1. The van der Waals surface area contributed by atoms with Crippen LogP contribution in [0.15, 0.2) is 77.4 Å². The Morgan fingerprint density at radius 1 is 0.968 bits per heavy atom. The predicted molar refractivity (Wildman–Crippen MR) is 121 cm³/mol. The Labute approximate surface area is 189 Å². The van der Waals surface area contributed by atoms with Crippen LogP contribution >= 0.6 is 23.2 Å². The fourth-order valence-electron chi connectivity index (χ4n) is 2.99. The van der Waals surface area contributed by atoms with Gasteiger partial charge in [0.05, 0.1) is 12.7 Å². The van der Waals surface area contributed by atoms with Crippen molar-refractivity contribution in [3.8, 4) is 11.5 Å². The Kier molecular flexibility index (Phi) is 6.26. The smallest absolute Gasteiger partial charge is 0.363 e. The number of halogens is 2. The Balaban J connectivity index is 1.61. The summed E-state index contributed by atoms with van der Waals surface area (Å²) in [5.74, 6) is 0.685. The average molecular weight is 454 g/mol. The van der Waals surface area contributed by atoms with E-state index in [4.69, 9.17) is 37.4 Å². The van der Waals surface area contributed by atoms with Crippen molar-refractivity contribution in [3.63, 3.8) is 0 Å². The van der Waals surface area contributed by atoms with Gasteiger partial charge in [0, 0.05) is 15.6 Å². The number of benzene rings is 3. The molecule has 0 N–H and O–H groups in total. The first-order valence-electron chi connectivity index (χ1n) is 9.36. The number of para-hydroxylation sites is 1. The van der Waals surface area contributed by atoms with E-state index in [0.29, 0.717) is 39.3 Å². The van der Waals surface area contributed by atoms with Crippen LogP contribution in [0.3, 0.4) is 0 Å². The summed E-state index contributed by atoms with van der Waals surface area (Å²) in [6.45, 7) is 0.357. The number of hydrogen-bond acceptors (Lipinski definition) is 5. The standard InChI is InChI=1S/C24H17Cl2NO4/c1-29-22-11-10-18(26)13-19(22)23-27-20(24(28)31-23)12-16-4-2-3-5-21(16)30-14-15-6-8-17(25)9-7-15/h2-13H,14H2,1H3/b20-12-. The molecule has 7 heteroatoms. The van der Waals surface area contributed by atoms with Crippen LogP contribution in [-0.2, 0) is 16.1 Å². The van der Waals surface area contributed by atoms with Crippen LogP contribution in [0.5, 0.6) is 11.5 Å². The molecule has 1 heterocycles. The maximum Gasteiger partial charge on any atom is 0.363 e. The van der Waals surface area contributed by atoms with Crippen molar-refractivity contribution in [2.75, 3.05) is 7.11 Å². The van der Waals surface area contributed by atoms with Crippen molar-refractivity contribution >= 4 is 41.1 Å². The van der Waals surface area contributed by atoms with Gasteiger partial charge in [-0.1, -0.05) is 53.5 Å². The lowest BCUT2D eigenvalue weighted by atomic mass is 10.1. The van der Waals surface area contributed by atoms with Crippen molar-refractivity contribution < 1.29 is 19.0 Å². The van der Waals surface area contributed by atoms with Gasteiger partial charge in [0.25, 0.3) is 0 Å². The lowest BCUT2D eigenvalue weighted by Gasteiger charge is -2.09. The van der Waals surface area contributed by atoms with Crippen molar-refractivity contribution in [2.24, 2.45) is 4.99 Å². The zero-order valence-electron chi connectivity index (χ0n) is 16.5. The maximum atomic E-state index is 12.4. The molecule has 0 aliphatic carbocycles. The topological polar surface area (TPSA) is 57.1 Å². The summed E-state index contributed by atoms with van der Waals surface area (Å²) in [6, 6.07) is 19.8. The number of cyclic esters (lactones) is 1. The highest BCUT2D eigenvalue weighted by Crippen LogP contribution is 2.29. The van der Waals surface area contributed by atoms with E-state index >= 15 is 0 Å². The number of carbonyl (C=O) groups is 1. The molecule has 0 saturated carbocycles. The summed E-state index contributed by atoms with van der Waals surface area (Å²) in [4.78, 5) is 16.8. The molecule has 5 nitrogen and oxygen atoms in total. The quantitative estimate of drug-likeness (QED) is 0.343. The van der Waals surface area contributed by atoms with Gasteiger partial charge in [-0.15, -0.1) is 0 Å². The molecule has 0 aromatic heterocycles. The Bertz CT molecular complexity index is 1190. The molecule has 0 bridgehead atoms. The molecule has 3 aromatic rings. The molecule has 0 unspecified atom stereocenters. The number of methoxy groups -OCH3 is 1. The number of aliphatic imine (C=N–C) groups is 1. The number of nitrogens with zero attached hydrogens (tertiary/aromatic N) is 1. The van der Waals surface area contributed by atoms with E-state index in [1.165, 1.54) is 7.11 Å². The molecule has 0 amide bonds. The van der Waals surface area contributed by atoms with E-state index in [-0.39, 0.29) is 11.6 Å². The highest BCUT2D eigenvalue weighted by Gasteiger charge is 2.27. The lowest BCUT2D eigenvalue weighted by molar-refractivity contribution is -0.129. The van der Waals surface area contributed by atoms with E-state index in [2.05, 4.69) is 4.99 Å². The molecule has 0 saturated heterocycles. The van der Waals surface area contributed by atoms with Crippen molar-refractivity contribution in [1.29, 1.82) is 0 Å². The van der Waals surface area contributed by atoms with Gasteiger partial charge in [-0.05, 0) is 48.0 Å². The van der Waals surface area contributed by atoms with Gasteiger partial charge in [-0.3, -0.25) is 0 Å².